The lowest BCUT2D eigenvalue weighted by molar-refractivity contribution is -0.134. The monoisotopic (exact) mass is 169 g/mol. The minimum absolute atomic E-state index is 0.0187. The summed E-state index contributed by atoms with van der Waals surface area (Å²) in [6.45, 7) is 4.20. The molecule has 0 bridgehead atoms. The highest BCUT2D eigenvalue weighted by Crippen LogP contribution is 2.34. The quantitative estimate of drug-likeness (QED) is 0.599. The molecule has 3 nitrogen and oxygen atoms in total. The largest absolute Gasteiger partial charge is 0.475 e. The first-order valence-corrected chi connectivity index (χ1v) is 4.49. The van der Waals surface area contributed by atoms with E-state index in [-0.39, 0.29) is 17.8 Å². The molecule has 3 heteroatoms. The van der Waals surface area contributed by atoms with Crippen molar-refractivity contribution in [1.29, 1.82) is 5.41 Å². The third-order valence-electron chi connectivity index (χ3n) is 2.60. The van der Waals surface area contributed by atoms with E-state index in [9.17, 15) is 0 Å². The van der Waals surface area contributed by atoms with Crippen molar-refractivity contribution < 1.29 is 9.47 Å². The molecule has 2 unspecified atom stereocenters. The maximum absolute atomic E-state index is 7.37. The van der Waals surface area contributed by atoms with Crippen molar-refractivity contribution in [2.75, 3.05) is 0 Å². The second kappa shape index (κ2) is 2.46. The van der Waals surface area contributed by atoms with Gasteiger partial charge in [-0.15, -0.1) is 0 Å². The molecule has 0 aromatic rings. The van der Waals surface area contributed by atoms with E-state index in [1.807, 2.05) is 0 Å². The van der Waals surface area contributed by atoms with Crippen LogP contribution < -0.4 is 0 Å². The standard InChI is InChI=1S/C9H15NO2/c1-9(2)4-3-6-7(12-9)5-8(10)11-6/h6-7,10H,3-5H2,1-2H3. The fourth-order valence-corrected chi connectivity index (χ4v) is 1.94. The number of hydrogen-bond acceptors (Lipinski definition) is 3. The third-order valence-corrected chi connectivity index (χ3v) is 2.60. The number of ether oxygens (including phenoxy) is 2. The maximum Gasteiger partial charge on any atom is 0.183 e. The van der Waals surface area contributed by atoms with Crippen molar-refractivity contribution in [3.8, 4) is 0 Å². The molecule has 1 N–H and O–H groups in total. The molecule has 12 heavy (non-hydrogen) atoms. The summed E-state index contributed by atoms with van der Waals surface area (Å²) >= 11 is 0. The van der Waals surface area contributed by atoms with Crippen molar-refractivity contribution >= 4 is 5.90 Å². The Morgan fingerprint density at radius 1 is 1.42 bits per heavy atom. The van der Waals surface area contributed by atoms with Crippen LogP contribution >= 0.6 is 0 Å². The summed E-state index contributed by atoms with van der Waals surface area (Å²) in [4.78, 5) is 0. The highest BCUT2D eigenvalue weighted by atomic mass is 16.6. The molecule has 0 spiro atoms. The van der Waals surface area contributed by atoms with Crippen LogP contribution in [0.4, 0.5) is 0 Å². The average Bonchev–Trinajstić information content (AvgIpc) is 2.26. The van der Waals surface area contributed by atoms with E-state index >= 15 is 0 Å². The maximum atomic E-state index is 7.37. The molecule has 2 atom stereocenters. The Morgan fingerprint density at radius 3 is 2.92 bits per heavy atom. The van der Waals surface area contributed by atoms with Gasteiger partial charge >= 0.3 is 0 Å². The van der Waals surface area contributed by atoms with Gasteiger partial charge in [-0.1, -0.05) is 0 Å². The molecule has 0 saturated carbocycles. The average molecular weight is 169 g/mol. The summed E-state index contributed by atoms with van der Waals surface area (Å²) in [6.07, 6.45) is 3.02. The SMILES string of the molecule is CC1(C)CCC2OC(=N)CC2O1. The lowest BCUT2D eigenvalue weighted by atomic mass is 9.93. The van der Waals surface area contributed by atoms with Crippen molar-refractivity contribution in [1.82, 2.24) is 0 Å². The second-order valence-corrected chi connectivity index (χ2v) is 4.24. The molecule has 68 valence electrons. The van der Waals surface area contributed by atoms with Gasteiger partial charge in [0.2, 0.25) is 0 Å². The van der Waals surface area contributed by atoms with Crippen LogP contribution in [0.2, 0.25) is 0 Å². The Kier molecular flexibility index (Phi) is 1.65. The lowest BCUT2D eigenvalue weighted by Gasteiger charge is -2.36. The molecule has 2 fully saturated rings. The summed E-state index contributed by atoms with van der Waals surface area (Å²) in [5.41, 5.74) is -0.0187. The Bertz CT molecular complexity index is 213. The van der Waals surface area contributed by atoms with Crippen molar-refractivity contribution in [3.05, 3.63) is 0 Å². The lowest BCUT2D eigenvalue weighted by Crippen LogP contribution is -2.41. The molecule has 2 heterocycles. The molecule has 0 aliphatic carbocycles. The molecular formula is C9H15NO2. The van der Waals surface area contributed by atoms with E-state index in [1.54, 1.807) is 0 Å². The first-order valence-electron chi connectivity index (χ1n) is 4.49. The Morgan fingerprint density at radius 2 is 2.17 bits per heavy atom. The van der Waals surface area contributed by atoms with Crippen LogP contribution in [-0.4, -0.2) is 23.7 Å². The van der Waals surface area contributed by atoms with Crippen LogP contribution in [0.3, 0.4) is 0 Å². The summed E-state index contributed by atoms with van der Waals surface area (Å²) in [6, 6.07) is 0. The second-order valence-electron chi connectivity index (χ2n) is 4.24. The molecule has 2 aliphatic rings. The van der Waals surface area contributed by atoms with Crippen LogP contribution in [0.5, 0.6) is 0 Å². The zero-order chi connectivity index (χ0) is 8.77. The van der Waals surface area contributed by atoms with Gasteiger partial charge < -0.3 is 9.47 Å². The fourth-order valence-electron chi connectivity index (χ4n) is 1.94. The number of rotatable bonds is 0. The van der Waals surface area contributed by atoms with Crippen LogP contribution in [-0.2, 0) is 9.47 Å². The van der Waals surface area contributed by atoms with Crippen molar-refractivity contribution in [2.45, 2.75) is 50.9 Å². The van der Waals surface area contributed by atoms with E-state index in [0.29, 0.717) is 12.3 Å². The topological polar surface area (TPSA) is 42.3 Å². The normalized spacial score (nSPS) is 39.0. The first kappa shape index (κ1) is 8.05. The van der Waals surface area contributed by atoms with Gasteiger partial charge in [-0.05, 0) is 26.7 Å². The highest BCUT2D eigenvalue weighted by Gasteiger charge is 2.41. The van der Waals surface area contributed by atoms with Gasteiger partial charge in [0.25, 0.3) is 0 Å². The van der Waals surface area contributed by atoms with E-state index in [2.05, 4.69) is 13.8 Å². The van der Waals surface area contributed by atoms with Crippen LogP contribution in [0.1, 0.15) is 33.1 Å². The predicted molar refractivity (Wildman–Crippen MR) is 45.4 cm³/mol. The summed E-state index contributed by atoms with van der Waals surface area (Å²) < 4.78 is 11.1. The molecule has 2 rings (SSSR count). The number of nitrogens with one attached hydrogen (secondary N) is 1. The minimum atomic E-state index is -0.0187. The predicted octanol–water partition coefficient (Wildman–Crippen LogP) is 1.71. The number of hydrogen-bond donors (Lipinski definition) is 1. The van der Waals surface area contributed by atoms with Gasteiger partial charge in [0, 0.05) is 0 Å². The van der Waals surface area contributed by atoms with E-state index in [0.717, 1.165) is 12.8 Å². The van der Waals surface area contributed by atoms with Gasteiger partial charge in [-0.2, -0.15) is 0 Å². The molecule has 2 aliphatic heterocycles. The molecule has 0 amide bonds. The highest BCUT2D eigenvalue weighted by molar-refractivity contribution is 5.75. The summed E-state index contributed by atoms with van der Waals surface area (Å²) in [5, 5.41) is 7.37. The van der Waals surface area contributed by atoms with Crippen LogP contribution in [0, 0.1) is 5.41 Å². The molecule has 2 saturated heterocycles. The summed E-state index contributed by atoms with van der Waals surface area (Å²) in [5.74, 6) is 0.391. The molecule has 0 aromatic carbocycles. The van der Waals surface area contributed by atoms with Gasteiger partial charge in [0.05, 0.1) is 12.0 Å². The molecule has 0 aromatic heterocycles. The zero-order valence-corrected chi connectivity index (χ0v) is 7.59. The van der Waals surface area contributed by atoms with E-state index in [1.165, 1.54) is 0 Å². The summed E-state index contributed by atoms with van der Waals surface area (Å²) in [7, 11) is 0. The first-order chi connectivity index (χ1) is 5.57. The van der Waals surface area contributed by atoms with Crippen LogP contribution in [0.15, 0.2) is 0 Å². The molecule has 0 radical (unpaired) electrons. The van der Waals surface area contributed by atoms with Gasteiger partial charge in [0.15, 0.2) is 5.90 Å². The zero-order valence-electron chi connectivity index (χ0n) is 7.59. The van der Waals surface area contributed by atoms with Gasteiger partial charge in [-0.3, -0.25) is 5.41 Å². The smallest absolute Gasteiger partial charge is 0.183 e. The Balaban J connectivity index is 2.06. The van der Waals surface area contributed by atoms with Crippen LogP contribution in [0.25, 0.3) is 0 Å². The number of fused-ring (bicyclic) bond motifs is 1. The molecular weight excluding hydrogens is 154 g/mol. The Hall–Kier alpha value is -0.570. The van der Waals surface area contributed by atoms with Gasteiger partial charge in [-0.25, -0.2) is 0 Å². The third kappa shape index (κ3) is 1.33. The Labute approximate surface area is 72.6 Å². The minimum Gasteiger partial charge on any atom is -0.475 e. The van der Waals surface area contributed by atoms with Gasteiger partial charge in [0.1, 0.15) is 12.2 Å². The van der Waals surface area contributed by atoms with Crippen molar-refractivity contribution in [3.63, 3.8) is 0 Å². The van der Waals surface area contributed by atoms with Crippen molar-refractivity contribution in [2.24, 2.45) is 0 Å². The van der Waals surface area contributed by atoms with E-state index in [4.69, 9.17) is 14.9 Å². The fraction of sp³-hybridized carbons (Fsp3) is 0.889. The van der Waals surface area contributed by atoms with E-state index < -0.39 is 0 Å².